The van der Waals surface area contributed by atoms with Crippen molar-refractivity contribution in [2.24, 2.45) is 0 Å². The van der Waals surface area contributed by atoms with Crippen molar-refractivity contribution >= 4 is 50.7 Å². The van der Waals surface area contributed by atoms with E-state index in [2.05, 4.69) is 5.32 Å². The molecule has 1 atom stereocenters. The molecular weight excluding hydrogens is 585 g/mol. The average molecular weight is 621 g/mol. The maximum absolute atomic E-state index is 14.1. The summed E-state index contributed by atoms with van der Waals surface area (Å²) >= 11 is 12.7. The number of nitrogens with zero attached hydrogens (tertiary/aromatic N) is 2. The van der Waals surface area contributed by atoms with Crippen LogP contribution in [-0.4, -0.2) is 57.6 Å². The molecule has 0 aliphatic heterocycles. The molecule has 0 aromatic heterocycles. The van der Waals surface area contributed by atoms with E-state index in [-0.39, 0.29) is 29.6 Å². The van der Waals surface area contributed by atoms with Gasteiger partial charge in [-0.2, -0.15) is 0 Å². The number of benzene rings is 3. The zero-order valence-electron chi connectivity index (χ0n) is 23.3. The number of carbonyl (C=O) groups is 2. The van der Waals surface area contributed by atoms with Crippen molar-refractivity contribution in [1.29, 1.82) is 0 Å². The summed E-state index contributed by atoms with van der Waals surface area (Å²) in [6, 6.07) is 19.9. The number of rotatable bonds is 14. The number of hydrogen-bond donors (Lipinski definition) is 1. The van der Waals surface area contributed by atoms with E-state index in [1.54, 1.807) is 24.3 Å². The second-order valence-corrected chi connectivity index (χ2v) is 12.3. The molecule has 41 heavy (non-hydrogen) atoms. The lowest BCUT2D eigenvalue weighted by Gasteiger charge is -2.33. The van der Waals surface area contributed by atoms with Crippen LogP contribution in [0.1, 0.15) is 30.9 Å². The third kappa shape index (κ3) is 9.11. The van der Waals surface area contributed by atoms with Gasteiger partial charge in [0, 0.05) is 24.5 Å². The minimum atomic E-state index is -3.93. The van der Waals surface area contributed by atoms with Gasteiger partial charge in [-0.15, -0.1) is 0 Å². The quantitative estimate of drug-likeness (QED) is 0.246. The Balaban J connectivity index is 2.05. The number of carbonyl (C=O) groups excluding carboxylic acids is 2. The third-order valence-electron chi connectivity index (χ3n) is 6.50. The molecule has 3 aromatic rings. The molecule has 1 unspecified atom stereocenters. The van der Waals surface area contributed by atoms with Crippen LogP contribution in [0.2, 0.25) is 10.0 Å². The van der Waals surface area contributed by atoms with E-state index >= 15 is 0 Å². The van der Waals surface area contributed by atoms with Gasteiger partial charge in [-0.05, 0) is 41.8 Å². The van der Waals surface area contributed by atoms with Gasteiger partial charge >= 0.3 is 0 Å². The van der Waals surface area contributed by atoms with Crippen LogP contribution in [0, 0.1) is 0 Å². The minimum absolute atomic E-state index is 0.00181. The summed E-state index contributed by atoms with van der Waals surface area (Å²) in [5, 5.41) is 3.56. The summed E-state index contributed by atoms with van der Waals surface area (Å²) in [7, 11) is -2.48. The van der Waals surface area contributed by atoms with Crippen molar-refractivity contribution in [2.45, 2.75) is 38.8 Å². The zero-order valence-corrected chi connectivity index (χ0v) is 25.7. The fourth-order valence-electron chi connectivity index (χ4n) is 4.29. The lowest BCUT2D eigenvalue weighted by atomic mass is 10.0. The molecule has 2 amide bonds. The molecule has 0 saturated carbocycles. The van der Waals surface area contributed by atoms with Gasteiger partial charge in [-0.3, -0.25) is 13.9 Å². The highest BCUT2D eigenvalue weighted by Crippen LogP contribution is 2.30. The fourth-order valence-corrected chi connectivity index (χ4v) is 5.58. The smallest absolute Gasteiger partial charge is 0.244 e. The van der Waals surface area contributed by atoms with Gasteiger partial charge in [0.2, 0.25) is 21.8 Å². The molecule has 0 aliphatic rings. The van der Waals surface area contributed by atoms with E-state index in [1.807, 2.05) is 37.3 Å². The van der Waals surface area contributed by atoms with Crippen molar-refractivity contribution < 1.29 is 22.7 Å². The Morgan fingerprint density at radius 1 is 0.976 bits per heavy atom. The SMILES string of the molecule is CCCCNC(=O)C(Cc1ccccc1)N(Cc1ccccc1Cl)C(=O)CN(c1ccc(OC)c(Cl)c1)S(C)(=O)=O. The maximum Gasteiger partial charge on any atom is 0.244 e. The van der Waals surface area contributed by atoms with Crippen molar-refractivity contribution in [3.05, 3.63) is 94.0 Å². The summed E-state index contributed by atoms with van der Waals surface area (Å²) in [4.78, 5) is 29.1. The van der Waals surface area contributed by atoms with Crippen LogP contribution in [-0.2, 0) is 32.6 Å². The molecule has 1 N–H and O–H groups in total. The van der Waals surface area contributed by atoms with E-state index in [0.29, 0.717) is 22.9 Å². The predicted molar refractivity (Wildman–Crippen MR) is 164 cm³/mol. The Labute approximate surface area is 252 Å². The van der Waals surface area contributed by atoms with Crippen LogP contribution < -0.4 is 14.4 Å². The first kappa shape index (κ1) is 32.2. The molecular formula is C30H35Cl2N3O5S. The molecule has 0 spiro atoms. The van der Waals surface area contributed by atoms with Gasteiger partial charge in [-0.25, -0.2) is 8.42 Å². The topological polar surface area (TPSA) is 96.0 Å². The Kier molecular flexibility index (Phi) is 11.9. The first-order chi connectivity index (χ1) is 19.5. The van der Waals surface area contributed by atoms with Crippen molar-refractivity contribution in [2.75, 3.05) is 30.8 Å². The second-order valence-electron chi connectivity index (χ2n) is 9.55. The molecule has 11 heteroatoms. The molecule has 0 fully saturated rings. The highest BCUT2D eigenvalue weighted by Gasteiger charge is 2.33. The predicted octanol–water partition coefficient (Wildman–Crippen LogP) is 5.32. The molecule has 3 rings (SSSR count). The first-order valence-corrected chi connectivity index (χ1v) is 15.8. The molecule has 0 bridgehead atoms. The van der Waals surface area contributed by atoms with Crippen molar-refractivity contribution in [3.63, 3.8) is 0 Å². The fraction of sp³-hybridized carbons (Fsp3) is 0.333. The van der Waals surface area contributed by atoms with Crippen LogP contribution >= 0.6 is 23.2 Å². The number of anilines is 1. The Morgan fingerprint density at radius 2 is 1.66 bits per heavy atom. The summed E-state index contributed by atoms with van der Waals surface area (Å²) in [5.41, 5.74) is 1.67. The van der Waals surface area contributed by atoms with Gasteiger partial charge in [0.25, 0.3) is 0 Å². The van der Waals surface area contributed by atoms with Gasteiger partial charge < -0.3 is 15.0 Å². The number of sulfonamides is 1. The largest absolute Gasteiger partial charge is 0.495 e. The average Bonchev–Trinajstić information content (AvgIpc) is 2.94. The van der Waals surface area contributed by atoms with Crippen LogP contribution in [0.15, 0.2) is 72.8 Å². The van der Waals surface area contributed by atoms with E-state index in [9.17, 15) is 18.0 Å². The minimum Gasteiger partial charge on any atom is -0.495 e. The van der Waals surface area contributed by atoms with Crippen molar-refractivity contribution in [3.8, 4) is 5.75 Å². The van der Waals surface area contributed by atoms with Crippen LogP contribution in [0.25, 0.3) is 0 Å². The number of nitrogens with one attached hydrogen (secondary N) is 1. The lowest BCUT2D eigenvalue weighted by Crippen LogP contribution is -2.53. The number of halogens is 2. The van der Waals surface area contributed by atoms with Crippen LogP contribution in [0.4, 0.5) is 5.69 Å². The number of methoxy groups -OCH3 is 1. The Hall–Kier alpha value is -3.27. The van der Waals surface area contributed by atoms with E-state index in [0.717, 1.165) is 29.0 Å². The van der Waals surface area contributed by atoms with Crippen LogP contribution in [0.3, 0.4) is 0 Å². The van der Waals surface area contributed by atoms with Crippen molar-refractivity contribution in [1.82, 2.24) is 10.2 Å². The monoisotopic (exact) mass is 619 g/mol. The number of unbranched alkanes of at least 4 members (excludes halogenated alkanes) is 1. The highest BCUT2D eigenvalue weighted by molar-refractivity contribution is 7.92. The summed E-state index contributed by atoms with van der Waals surface area (Å²) in [5.74, 6) is -0.544. The molecule has 8 nitrogen and oxygen atoms in total. The Bertz CT molecular complexity index is 1440. The standard InChI is InChI=1S/C30H35Cl2N3O5S/c1-4-5-17-33-30(37)27(18-22-11-7-6-8-12-22)34(20-23-13-9-10-14-25(23)31)29(36)21-35(41(3,38)39)24-15-16-28(40-2)26(32)19-24/h6-16,19,27H,4-5,17-18,20-21H2,1-3H3,(H,33,37). The van der Waals surface area contributed by atoms with Crippen LogP contribution in [0.5, 0.6) is 5.75 Å². The van der Waals surface area contributed by atoms with Gasteiger partial charge in [0.15, 0.2) is 0 Å². The van der Waals surface area contributed by atoms with E-state index in [4.69, 9.17) is 27.9 Å². The number of ether oxygens (including phenoxy) is 1. The first-order valence-electron chi connectivity index (χ1n) is 13.2. The lowest BCUT2D eigenvalue weighted by molar-refractivity contribution is -0.140. The number of amides is 2. The molecule has 0 saturated heterocycles. The molecule has 0 radical (unpaired) electrons. The number of hydrogen-bond acceptors (Lipinski definition) is 5. The third-order valence-corrected chi connectivity index (χ3v) is 8.31. The summed E-state index contributed by atoms with van der Waals surface area (Å²) < 4.78 is 32.0. The summed E-state index contributed by atoms with van der Waals surface area (Å²) in [6.07, 6.45) is 2.90. The molecule has 3 aromatic carbocycles. The van der Waals surface area contributed by atoms with Gasteiger partial charge in [-0.1, -0.05) is 85.1 Å². The maximum atomic E-state index is 14.1. The second kappa shape index (κ2) is 15.1. The van der Waals surface area contributed by atoms with Gasteiger partial charge in [0.05, 0.1) is 24.1 Å². The molecule has 220 valence electrons. The zero-order chi connectivity index (χ0) is 30.0. The van der Waals surface area contributed by atoms with E-state index < -0.39 is 28.5 Å². The molecule has 0 heterocycles. The molecule has 0 aliphatic carbocycles. The van der Waals surface area contributed by atoms with Gasteiger partial charge in [0.1, 0.15) is 18.3 Å². The Morgan fingerprint density at radius 3 is 2.27 bits per heavy atom. The summed E-state index contributed by atoms with van der Waals surface area (Å²) in [6.45, 7) is 1.91. The highest BCUT2D eigenvalue weighted by atomic mass is 35.5. The normalized spacial score (nSPS) is 11.9. The van der Waals surface area contributed by atoms with E-state index in [1.165, 1.54) is 30.2 Å².